The Kier molecular flexibility index (Phi) is 7.20. The number of carbonyl (C=O) groups excluding carboxylic acids is 3. The molecule has 8 nitrogen and oxygen atoms in total. The molecule has 30 heavy (non-hydrogen) atoms. The van der Waals surface area contributed by atoms with Crippen molar-refractivity contribution in [1.29, 1.82) is 0 Å². The van der Waals surface area contributed by atoms with E-state index in [1.807, 2.05) is 30.3 Å². The van der Waals surface area contributed by atoms with Crippen molar-refractivity contribution in [2.75, 3.05) is 26.2 Å². The normalized spacial score (nSPS) is 13.0. The minimum atomic E-state index is -0.701. The molecule has 9 heteroatoms. The molecule has 2 aromatic carbocycles. The van der Waals surface area contributed by atoms with Gasteiger partial charge in [0.1, 0.15) is 18.2 Å². The van der Waals surface area contributed by atoms with E-state index in [4.69, 9.17) is 9.47 Å². The van der Waals surface area contributed by atoms with Gasteiger partial charge in [-0.2, -0.15) is 0 Å². The predicted octanol–water partition coefficient (Wildman–Crippen LogP) is 1.59. The largest absolute Gasteiger partial charge is 0.483 e. The van der Waals surface area contributed by atoms with Crippen LogP contribution in [0.25, 0.3) is 0 Å². The molecule has 0 atom stereocenters. The molecule has 3 rings (SSSR count). The van der Waals surface area contributed by atoms with Gasteiger partial charge in [-0.25, -0.2) is 9.18 Å². The SMILES string of the molecule is O=C(CNC(=O)OCc1ccccc1)NCCN1Cc2cc(F)ccc2OCC1=O. The number of nitrogens with zero attached hydrogens (tertiary/aromatic N) is 1. The van der Waals surface area contributed by atoms with Crippen LogP contribution < -0.4 is 15.4 Å². The molecule has 0 aromatic heterocycles. The molecule has 0 aliphatic carbocycles. The molecule has 2 aromatic rings. The number of rotatable bonds is 7. The van der Waals surface area contributed by atoms with Gasteiger partial charge in [-0.05, 0) is 23.8 Å². The van der Waals surface area contributed by atoms with Crippen LogP contribution in [-0.4, -0.2) is 49.0 Å². The first-order valence-electron chi connectivity index (χ1n) is 9.41. The third-order valence-electron chi connectivity index (χ3n) is 4.40. The Balaban J connectivity index is 1.37. The minimum Gasteiger partial charge on any atom is -0.483 e. The second-order valence-electron chi connectivity index (χ2n) is 6.62. The van der Waals surface area contributed by atoms with E-state index in [9.17, 15) is 18.8 Å². The summed E-state index contributed by atoms with van der Waals surface area (Å²) in [5.74, 6) is -0.625. The van der Waals surface area contributed by atoms with Crippen molar-refractivity contribution in [1.82, 2.24) is 15.5 Å². The van der Waals surface area contributed by atoms with Gasteiger partial charge in [-0.1, -0.05) is 30.3 Å². The van der Waals surface area contributed by atoms with Crippen molar-refractivity contribution in [2.24, 2.45) is 0 Å². The first-order valence-corrected chi connectivity index (χ1v) is 9.41. The van der Waals surface area contributed by atoms with Gasteiger partial charge in [0.05, 0.1) is 6.54 Å². The maximum atomic E-state index is 13.5. The van der Waals surface area contributed by atoms with Gasteiger partial charge in [-0.15, -0.1) is 0 Å². The molecule has 1 aliphatic rings. The van der Waals surface area contributed by atoms with E-state index in [0.29, 0.717) is 11.3 Å². The van der Waals surface area contributed by atoms with Gasteiger partial charge >= 0.3 is 6.09 Å². The summed E-state index contributed by atoms with van der Waals surface area (Å²) < 4.78 is 23.9. The molecular weight excluding hydrogens is 393 g/mol. The molecular formula is C21H22FN3O5. The Morgan fingerprint density at radius 1 is 1.13 bits per heavy atom. The Labute approximate surface area is 173 Å². The lowest BCUT2D eigenvalue weighted by Gasteiger charge is -2.20. The number of ether oxygens (including phenoxy) is 2. The molecule has 3 amide bonds. The summed E-state index contributed by atoms with van der Waals surface area (Å²) in [5.41, 5.74) is 1.40. The highest BCUT2D eigenvalue weighted by molar-refractivity contribution is 5.82. The molecule has 0 saturated carbocycles. The summed E-state index contributed by atoms with van der Waals surface area (Å²) in [6.07, 6.45) is -0.701. The maximum Gasteiger partial charge on any atom is 0.407 e. The summed E-state index contributed by atoms with van der Waals surface area (Å²) in [6, 6.07) is 13.3. The number of fused-ring (bicyclic) bond motifs is 1. The Morgan fingerprint density at radius 2 is 1.93 bits per heavy atom. The van der Waals surface area contributed by atoms with Crippen LogP contribution in [0.3, 0.4) is 0 Å². The third kappa shape index (κ3) is 6.20. The third-order valence-corrected chi connectivity index (χ3v) is 4.40. The minimum absolute atomic E-state index is 0.107. The lowest BCUT2D eigenvalue weighted by molar-refractivity contribution is -0.133. The Morgan fingerprint density at radius 3 is 2.73 bits per heavy atom. The Hall–Kier alpha value is -3.62. The van der Waals surface area contributed by atoms with E-state index < -0.39 is 17.8 Å². The summed E-state index contributed by atoms with van der Waals surface area (Å²) in [7, 11) is 0. The van der Waals surface area contributed by atoms with Crippen LogP contribution in [0, 0.1) is 5.82 Å². The predicted molar refractivity (Wildman–Crippen MR) is 105 cm³/mol. The number of nitrogens with one attached hydrogen (secondary N) is 2. The van der Waals surface area contributed by atoms with Crippen molar-refractivity contribution in [3.63, 3.8) is 0 Å². The number of hydrogen-bond acceptors (Lipinski definition) is 5. The Bertz CT molecular complexity index is 907. The maximum absolute atomic E-state index is 13.5. The number of amides is 3. The van der Waals surface area contributed by atoms with E-state index in [2.05, 4.69) is 10.6 Å². The van der Waals surface area contributed by atoms with Gasteiger partial charge in [0.25, 0.3) is 5.91 Å². The molecule has 0 spiro atoms. The van der Waals surface area contributed by atoms with Crippen LogP contribution in [0.2, 0.25) is 0 Å². The zero-order valence-corrected chi connectivity index (χ0v) is 16.2. The van der Waals surface area contributed by atoms with Gasteiger partial charge < -0.3 is 25.0 Å². The van der Waals surface area contributed by atoms with Crippen molar-refractivity contribution >= 4 is 17.9 Å². The molecule has 0 saturated heterocycles. The standard InChI is InChI=1S/C21H22FN3O5/c22-17-6-7-18-16(10-17)12-25(20(27)14-29-18)9-8-23-19(26)11-24-21(28)30-13-15-4-2-1-3-5-15/h1-7,10H,8-9,11-14H2,(H,23,26)(H,24,28). The van der Waals surface area contributed by atoms with E-state index in [-0.39, 0.29) is 45.3 Å². The number of halogens is 1. The summed E-state index contributed by atoms with van der Waals surface area (Å²) in [6.45, 7) is 0.291. The number of carbonyl (C=O) groups is 3. The van der Waals surface area contributed by atoms with Crippen LogP contribution >= 0.6 is 0 Å². The topological polar surface area (TPSA) is 97.0 Å². The van der Waals surface area contributed by atoms with E-state index in [0.717, 1.165) is 5.56 Å². The van der Waals surface area contributed by atoms with E-state index in [1.165, 1.54) is 23.1 Å². The number of alkyl carbamates (subject to hydrolysis) is 1. The molecule has 158 valence electrons. The molecule has 0 radical (unpaired) electrons. The fraction of sp³-hybridized carbons (Fsp3) is 0.286. The molecule has 2 N–H and O–H groups in total. The first-order chi connectivity index (χ1) is 14.5. The molecule has 0 bridgehead atoms. The van der Waals surface area contributed by atoms with E-state index in [1.54, 1.807) is 0 Å². The van der Waals surface area contributed by atoms with Crippen LogP contribution in [-0.2, 0) is 27.5 Å². The molecule has 0 fully saturated rings. The highest BCUT2D eigenvalue weighted by atomic mass is 19.1. The highest BCUT2D eigenvalue weighted by Gasteiger charge is 2.21. The smallest absolute Gasteiger partial charge is 0.407 e. The molecule has 1 aliphatic heterocycles. The lowest BCUT2D eigenvalue weighted by Crippen LogP contribution is -2.42. The second kappa shape index (κ2) is 10.2. The van der Waals surface area contributed by atoms with E-state index >= 15 is 0 Å². The monoisotopic (exact) mass is 415 g/mol. The van der Waals surface area contributed by atoms with Gasteiger partial charge in [0.15, 0.2) is 6.61 Å². The van der Waals surface area contributed by atoms with Gasteiger partial charge in [0, 0.05) is 25.2 Å². The average molecular weight is 415 g/mol. The van der Waals surface area contributed by atoms with Crippen molar-refractivity contribution in [3.05, 3.63) is 65.5 Å². The van der Waals surface area contributed by atoms with Crippen molar-refractivity contribution < 1.29 is 28.2 Å². The zero-order valence-electron chi connectivity index (χ0n) is 16.2. The van der Waals surface area contributed by atoms with Crippen LogP contribution in [0.5, 0.6) is 5.75 Å². The lowest BCUT2D eigenvalue weighted by atomic mass is 10.2. The van der Waals surface area contributed by atoms with Crippen LogP contribution in [0.1, 0.15) is 11.1 Å². The summed E-state index contributed by atoms with van der Waals surface area (Å²) in [4.78, 5) is 37.2. The number of hydrogen-bond donors (Lipinski definition) is 2. The van der Waals surface area contributed by atoms with Gasteiger partial charge in [0.2, 0.25) is 5.91 Å². The molecule has 0 unspecified atom stereocenters. The molecule has 1 heterocycles. The summed E-state index contributed by atoms with van der Waals surface area (Å²) in [5, 5.41) is 4.98. The fourth-order valence-corrected chi connectivity index (χ4v) is 2.86. The average Bonchev–Trinajstić information content (AvgIpc) is 2.90. The highest BCUT2D eigenvalue weighted by Crippen LogP contribution is 2.24. The van der Waals surface area contributed by atoms with Crippen molar-refractivity contribution in [2.45, 2.75) is 13.2 Å². The summed E-state index contributed by atoms with van der Waals surface area (Å²) >= 11 is 0. The quantitative estimate of drug-likeness (QED) is 0.716. The van der Waals surface area contributed by atoms with Gasteiger partial charge in [-0.3, -0.25) is 9.59 Å². The van der Waals surface area contributed by atoms with Crippen LogP contribution in [0.4, 0.5) is 9.18 Å². The van der Waals surface area contributed by atoms with Crippen LogP contribution in [0.15, 0.2) is 48.5 Å². The number of benzene rings is 2. The van der Waals surface area contributed by atoms with Crippen molar-refractivity contribution in [3.8, 4) is 5.75 Å². The second-order valence-corrected chi connectivity index (χ2v) is 6.62. The first kappa shape index (κ1) is 21.1. The zero-order chi connectivity index (χ0) is 21.3. The fourth-order valence-electron chi connectivity index (χ4n) is 2.86.